The van der Waals surface area contributed by atoms with Crippen molar-refractivity contribution in [1.29, 1.82) is 0 Å². The Hall–Kier alpha value is -1.22. The Morgan fingerprint density at radius 3 is 2.50 bits per heavy atom. The van der Waals surface area contributed by atoms with E-state index in [1.807, 2.05) is 12.1 Å². The van der Waals surface area contributed by atoms with Gasteiger partial charge in [-0.05, 0) is 63.0 Å². The minimum Gasteiger partial charge on any atom is -0.508 e. The molecular formula is C13H19NO2. The van der Waals surface area contributed by atoms with Gasteiger partial charge in [-0.3, -0.25) is 0 Å². The van der Waals surface area contributed by atoms with E-state index in [1.54, 1.807) is 12.1 Å². The lowest BCUT2D eigenvalue weighted by Gasteiger charge is -2.28. The van der Waals surface area contributed by atoms with E-state index >= 15 is 0 Å². The molecule has 88 valence electrons. The van der Waals surface area contributed by atoms with E-state index in [0.29, 0.717) is 5.92 Å². The van der Waals surface area contributed by atoms with Crippen LogP contribution in [-0.2, 0) is 0 Å². The molecule has 0 spiro atoms. The summed E-state index contributed by atoms with van der Waals surface area (Å²) in [6.45, 7) is 4.31. The third kappa shape index (κ3) is 2.89. The summed E-state index contributed by atoms with van der Waals surface area (Å²) in [5.74, 6) is 1.75. The summed E-state index contributed by atoms with van der Waals surface area (Å²) in [6, 6.07) is 6.94. The van der Waals surface area contributed by atoms with Crippen LogP contribution in [0.25, 0.3) is 0 Å². The van der Waals surface area contributed by atoms with Gasteiger partial charge in [0, 0.05) is 0 Å². The molecule has 1 aliphatic heterocycles. The molecule has 0 saturated carbocycles. The quantitative estimate of drug-likeness (QED) is 0.822. The molecule has 0 bridgehead atoms. The SMILES string of the molecule is CC(Oc1ccc(O)cc1)C1CCNCC1. The van der Waals surface area contributed by atoms with Crippen molar-refractivity contribution in [3.05, 3.63) is 24.3 Å². The number of hydrogen-bond donors (Lipinski definition) is 2. The maximum absolute atomic E-state index is 9.18. The zero-order valence-electron chi connectivity index (χ0n) is 9.65. The van der Waals surface area contributed by atoms with Crippen LogP contribution in [-0.4, -0.2) is 24.3 Å². The lowest BCUT2D eigenvalue weighted by Crippen LogP contribution is -2.35. The average molecular weight is 221 g/mol. The minimum atomic E-state index is 0.242. The highest BCUT2D eigenvalue weighted by Gasteiger charge is 2.21. The zero-order chi connectivity index (χ0) is 11.4. The summed E-state index contributed by atoms with van der Waals surface area (Å²) in [4.78, 5) is 0. The van der Waals surface area contributed by atoms with Crippen LogP contribution in [0.3, 0.4) is 0 Å². The number of phenolic OH excluding ortho intramolecular Hbond substituents is 1. The lowest BCUT2D eigenvalue weighted by atomic mass is 9.93. The molecule has 0 aromatic heterocycles. The fourth-order valence-electron chi connectivity index (χ4n) is 2.15. The first-order chi connectivity index (χ1) is 7.75. The second-order valence-electron chi connectivity index (χ2n) is 4.40. The van der Waals surface area contributed by atoms with Gasteiger partial charge in [-0.15, -0.1) is 0 Å². The lowest BCUT2D eigenvalue weighted by molar-refractivity contribution is 0.128. The fourth-order valence-corrected chi connectivity index (χ4v) is 2.15. The van der Waals surface area contributed by atoms with Crippen LogP contribution >= 0.6 is 0 Å². The number of aromatic hydroxyl groups is 1. The first-order valence-electron chi connectivity index (χ1n) is 5.92. The molecule has 3 nitrogen and oxygen atoms in total. The summed E-state index contributed by atoms with van der Waals surface area (Å²) in [5.41, 5.74) is 0. The Bertz CT molecular complexity index is 317. The first kappa shape index (κ1) is 11.3. The van der Waals surface area contributed by atoms with E-state index in [9.17, 15) is 5.11 Å². The van der Waals surface area contributed by atoms with Crippen LogP contribution < -0.4 is 10.1 Å². The number of nitrogens with one attached hydrogen (secondary N) is 1. The van der Waals surface area contributed by atoms with Crippen molar-refractivity contribution in [2.75, 3.05) is 13.1 Å². The topological polar surface area (TPSA) is 41.5 Å². The molecule has 2 N–H and O–H groups in total. The molecule has 1 saturated heterocycles. The van der Waals surface area contributed by atoms with Gasteiger partial charge in [0.25, 0.3) is 0 Å². The van der Waals surface area contributed by atoms with Gasteiger partial charge in [0.05, 0.1) is 6.10 Å². The molecule has 0 radical (unpaired) electrons. The largest absolute Gasteiger partial charge is 0.508 e. The molecule has 1 atom stereocenters. The van der Waals surface area contributed by atoms with E-state index in [4.69, 9.17) is 4.74 Å². The van der Waals surface area contributed by atoms with Crippen LogP contribution in [0.1, 0.15) is 19.8 Å². The number of phenols is 1. The van der Waals surface area contributed by atoms with E-state index in [0.717, 1.165) is 18.8 Å². The van der Waals surface area contributed by atoms with Crippen LogP contribution in [0.15, 0.2) is 24.3 Å². The van der Waals surface area contributed by atoms with E-state index in [1.165, 1.54) is 12.8 Å². The van der Waals surface area contributed by atoms with Gasteiger partial charge in [0.2, 0.25) is 0 Å². The predicted molar refractivity (Wildman–Crippen MR) is 63.8 cm³/mol. The summed E-state index contributed by atoms with van der Waals surface area (Å²) >= 11 is 0. The van der Waals surface area contributed by atoms with Gasteiger partial charge in [0.15, 0.2) is 0 Å². The predicted octanol–water partition coefficient (Wildman–Crippen LogP) is 2.16. The maximum atomic E-state index is 9.18. The number of piperidine rings is 1. The van der Waals surface area contributed by atoms with Gasteiger partial charge in [0.1, 0.15) is 11.5 Å². The van der Waals surface area contributed by atoms with E-state index in [-0.39, 0.29) is 11.9 Å². The minimum absolute atomic E-state index is 0.242. The molecule has 3 heteroatoms. The van der Waals surface area contributed by atoms with Crippen LogP contribution in [0, 0.1) is 5.92 Å². The molecule has 1 heterocycles. The maximum Gasteiger partial charge on any atom is 0.119 e. The van der Waals surface area contributed by atoms with Crippen molar-refractivity contribution in [3.8, 4) is 11.5 Å². The Labute approximate surface area is 96.4 Å². The number of ether oxygens (including phenoxy) is 1. The number of rotatable bonds is 3. The normalized spacial score (nSPS) is 19.3. The van der Waals surface area contributed by atoms with Crippen molar-refractivity contribution in [2.45, 2.75) is 25.9 Å². The summed E-state index contributed by atoms with van der Waals surface area (Å²) in [7, 11) is 0. The molecule has 1 aromatic carbocycles. The third-order valence-corrected chi connectivity index (χ3v) is 3.21. The Kier molecular flexibility index (Phi) is 3.67. The molecule has 1 fully saturated rings. The van der Waals surface area contributed by atoms with Crippen molar-refractivity contribution in [2.24, 2.45) is 5.92 Å². The van der Waals surface area contributed by atoms with Crippen molar-refractivity contribution < 1.29 is 9.84 Å². The summed E-state index contributed by atoms with van der Waals surface area (Å²) in [6.07, 6.45) is 2.60. The summed E-state index contributed by atoms with van der Waals surface area (Å²) < 4.78 is 5.87. The standard InChI is InChI=1S/C13H19NO2/c1-10(11-6-8-14-9-7-11)16-13-4-2-12(15)3-5-13/h2-5,10-11,14-15H,6-9H2,1H3. The molecule has 0 amide bonds. The number of benzene rings is 1. The highest BCUT2D eigenvalue weighted by molar-refractivity contribution is 5.30. The van der Waals surface area contributed by atoms with Crippen LogP contribution in [0.4, 0.5) is 0 Å². The van der Waals surface area contributed by atoms with Gasteiger partial charge < -0.3 is 15.2 Å². The van der Waals surface area contributed by atoms with Gasteiger partial charge in [-0.2, -0.15) is 0 Å². The van der Waals surface area contributed by atoms with Crippen LogP contribution in [0.5, 0.6) is 11.5 Å². The molecular weight excluding hydrogens is 202 g/mol. The van der Waals surface area contributed by atoms with Crippen molar-refractivity contribution >= 4 is 0 Å². The second kappa shape index (κ2) is 5.21. The Balaban J connectivity index is 1.90. The molecule has 2 rings (SSSR count). The molecule has 16 heavy (non-hydrogen) atoms. The monoisotopic (exact) mass is 221 g/mol. The van der Waals surface area contributed by atoms with Crippen molar-refractivity contribution in [1.82, 2.24) is 5.32 Å². The van der Waals surface area contributed by atoms with Gasteiger partial charge in [-0.25, -0.2) is 0 Å². The third-order valence-electron chi connectivity index (χ3n) is 3.21. The first-order valence-corrected chi connectivity index (χ1v) is 5.92. The van der Waals surface area contributed by atoms with E-state index < -0.39 is 0 Å². The zero-order valence-corrected chi connectivity index (χ0v) is 9.65. The van der Waals surface area contributed by atoms with Gasteiger partial charge >= 0.3 is 0 Å². The Morgan fingerprint density at radius 2 is 1.88 bits per heavy atom. The van der Waals surface area contributed by atoms with Crippen LogP contribution in [0.2, 0.25) is 0 Å². The molecule has 1 aromatic rings. The highest BCUT2D eigenvalue weighted by atomic mass is 16.5. The highest BCUT2D eigenvalue weighted by Crippen LogP contribution is 2.23. The molecule has 1 unspecified atom stereocenters. The van der Waals surface area contributed by atoms with Crippen molar-refractivity contribution in [3.63, 3.8) is 0 Å². The molecule has 1 aliphatic rings. The van der Waals surface area contributed by atoms with E-state index in [2.05, 4.69) is 12.2 Å². The summed E-state index contributed by atoms with van der Waals surface area (Å²) in [5, 5.41) is 12.5. The average Bonchev–Trinajstić information content (AvgIpc) is 2.33. The Morgan fingerprint density at radius 1 is 1.25 bits per heavy atom. The smallest absolute Gasteiger partial charge is 0.119 e. The fraction of sp³-hybridized carbons (Fsp3) is 0.538. The number of hydrogen-bond acceptors (Lipinski definition) is 3. The molecule has 0 aliphatic carbocycles. The second-order valence-corrected chi connectivity index (χ2v) is 4.40. The van der Waals surface area contributed by atoms with Gasteiger partial charge in [-0.1, -0.05) is 0 Å².